The highest BCUT2D eigenvalue weighted by molar-refractivity contribution is 5.93. The third kappa shape index (κ3) is 9.04. The number of ether oxygens (including phenoxy) is 1. The Labute approximate surface area is 238 Å². The minimum absolute atomic E-state index is 0.0845. The van der Waals surface area contributed by atoms with Gasteiger partial charge in [-0.1, -0.05) is 37.1 Å². The summed E-state index contributed by atoms with van der Waals surface area (Å²) in [5.74, 6) is 1.87. The zero-order valence-corrected chi connectivity index (χ0v) is 24.9. The number of terminal acetylenes is 1. The van der Waals surface area contributed by atoms with Crippen LogP contribution >= 0.6 is 0 Å². The molecule has 0 heterocycles. The summed E-state index contributed by atoms with van der Waals surface area (Å²) in [6.07, 6.45) is 5.45. The van der Waals surface area contributed by atoms with Crippen molar-refractivity contribution >= 4 is 17.9 Å². The Bertz CT molecular complexity index is 1210. The van der Waals surface area contributed by atoms with E-state index in [4.69, 9.17) is 11.2 Å². The van der Waals surface area contributed by atoms with Crippen molar-refractivity contribution in [1.82, 2.24) is 15.5 Å². The smallest absolute Gasteiger partial charge is 0.408 e. The molecule has 2 unspecified atom stereocenters. The number of benzene rings is 2. The van der Waals surface area contributed by atoms with Crippen molar-refractivity contribution in [2.45, 2.75) is 97.5 Å². The third-order valence-electron chi connectivity index (χ3n) is 6.45. The van der Waals surface area contributed by atoms with E-state index in [0.29, 0.717) is 23.1 Å². The average molecular weight is 550 g/mol. The van der Waals surface area contributed by atoms with Crippen molar-refractivity contribution in [3.05, 3.63) is 65.2 Å². The van der Waals surface area contributed by atoms with Gasteiger partial charge in [0.25, 0.3) is 0 Å². The lowest BCUT2D eigenvalue weighted by atomic mass is 9.90. The highest BCUT2D eigenvalue weighted by Crippen LogP contribution is 2.33. The molecule has 3 amide bonds. The number of nitrogens with zero attached hydrogens (tertiary/aromatic N) is 1. The molecule has 2 rings (SSSR count). The molecular weight excluding hydrogens is 506 g/mol. The summed E-state index contributed by atoms with van der Waals surface area (Å²) in [5, 5.41) is 15.4. The highest BCUT2D eigenvalue weighted by atomic mass is 16.6. The van der Waals surface area contributed by atoms with E-state index in [1.807, 2.05) is 34.6 Å². The highest BCUT2D eigenvalue weighted by Gasteiger charge is 2.43. The molecule has 0 aliphatic rings. The summed E-state index contributed by atoms with van der Waals surface area (Å²) in [4.78, 5) is 42.8. The number of rotatable bonds is 10. The Hall–Kier alpha value is -3.99. The van der Waals surface area contributed by atoms with E-state index >= 15 is 0 Å². The van der Waals surface area contributed by atoms with Gasteiger partial charge in [-0.3, -0.25) is 9.59 Å². The zero-order chi connectivity index (χ0) is 30.3. The van der Waals surface area contributed by atoms with Gasteiger partial charge in [-0.15, -0.1) is 6.42 Å². The number of alkyl carbamates (subject to hydrolysis) is 1. The molecule has 3 N–H and O–H groups in total. The third-order valence-corrected chi connectivity index (χ3v) is 6.45. The maximum Gasteiger partial charge on any atom is 0.408 e. The number of nitrogens with one attached hydrogen (secondary N) is 2. The summed E-state index contributed by atoms with van der Waals surface area (Å²) < 4.78 is 5.48. The van der Waals surface area contributed by atoms with Crippen LogP contribution in [0.4, 0.5) is 4.79 Å². The second-order valence-corrected chi connectivity index (χ2v) is 11.8. The topological polar surface area (TPSA) is 108 Å². The predicted octanol–water partition coefficient (Wildman–Crippen LogP) is 5.09. The second-order valence-electron chi connectivity index (χ2n) is 11.8. The van der Waals surface area contributed by atoms with Crippen LogP contribution in [-0.4, -0.2) is 51.1 Å². The van der Waals surface area contributed by atoms with Gasteiger partial charge in [0.1, 0.15) is 23.4 Å². The number of hydrogen-bond acceptors (Lipinski definition) is 5. The fraction of sp³-hybridized carbons (Fsp3) is 0.469. The molecule has 0 fully saturated rings. The Morgan fingerprint density at radius 2 is 1.55 bits per heavy atom. The Morgan fingerprint density at radius 1 is 0.975 bits per heavy atom. The largest absolute Gasteiger partial charge is 0.508 e. The summed E-state index contributed by atoms with van der Waals surface area (Å²) in [6, 6.07) is 11.1. The van der Waals surface area contributed by atoms with Crippen molar-refractivity contribution in [2.24, 2.45) is 0 Å². The molecule has 8 nitrogen and oxygen atoms in total. The van der Waals surface area contributed by atoms with E-state index < -0.39 is 35.2 Å². The Morgan fingerprint density at radius 3 is 2.02 bits per heavy atom. The van der Waals surface area contributed by atoms with Gasteiger partial charge in [0, 0.05) is 23.6 Å². The summed E-state index contributed by atoms with van der Waals surface area (Å²) in [5.41, 5.74) is 0.382. The average Bonchev–Trinajstić information content (AvgIpc) is 2.86. The lowest BCUT2D eigenvalue weighted by Gasteiger charge is -2.44. The standard InChI is InChI=1S/C32H43N3O5/c1-10-22-12-16-24(17-13-22)27(28(37)33-21(3)4)35(32(8,9)11-2)29(38)26(34-30(39)40-31(5,6)7)20-23-14-18-25(36)19-15-23/h1,12-19,21,26-27,36H,11,20H2,2-9H3,(H,33,37)(H,34,39). The fourth-order valence-electron chi connectivity index (χ4n) is 4.17. The summed E-state index contributed by atoms with van der Waals surface area (Å²) >= 11 is 0. The number of carbonyl (C=O) groups is 3. The SMILES string of the molecule is C#Cc1ccc(C(C(=O)NC(C)C)N(C(=O)C(Cc2ccc(O)cc2)NC(=O)OC(C)(C)C)C(C)(C)CC)cc1. The first-order chi connectivity index (χ1) is 18.6. The van der Waals surface area contributed by atoms with E-state index in [0.717, 1.165) is 0 Å². The second kappa shape index (κ2) is 13.4. The molecule has 0 radical (unpaired) electrons. The zero-order valence-electron chi connectivity index (χ0n) is 24.9. The molecule has 0 saturated heterocycles. The van der Waals surface area contributed by atoms with Crippen LogP contribution < -0.4 is 10.6 Å². The Kier molecular flexibility index (Phi) is 10.8. The van der Waals surface area contributed by atoms with Gasteiger partial charge in [0.15, 0.2) is 0 Å². The molecule has 0 aliphatic carbocycles. The van der Waals surface area contributed by atoms with E-state index in [2.05, 4.69) is 16.6 Å². The van der Waals surface area contributed by atoms with Crippen LogP contribution in [0.25, 0.3) is 0 Å². The maximum absolute atomic E-state index is 14.5. The first-order valence-corrected chi connectivity index (χ1v) is 13.6. The summed E-state index contributed by atoms with van der Waals surface area (Å²) in [6.45, 7) is 14.6. The number of hydrogen-bond donors (Lipinski definition) is 3. The molecule has 2 atom stereocenters. The van der Waals surface area contributed by atoms with Gasteiger partial charge in [-0.25, -0.2) is 4.79 Å². The van der Waals surface area contributed by atoms with Gasteiger partial charge in [0.05, 0.1) is 0 Å². The number of amides is 3. The molecule has 8 heteroatoms. The lowest BCUT2D eigenvalue weighted by Crippen LogP contribution is -2.60. The van der Waals surface area contributed by atoms with E-state index in [1.54, 1.807) is 62.1 Å². The van der Waals surface area contributed by atoms with Crippen LogP contribution in [0.1, 0.15) is 84.5 Å². The normalized spacial score (nSPS) is 13.1. The molecule has 2 aromatic carbocycles. The van der Waals surface area contributed by atoms with Crippen LogP contribution in [0.5, 0.6) is 5.75 Å². The molecule has 0 aliphatic heterocycles. The molecular formula is C32H43N3O5. The molecule has 40 heavy (non-hydrogen) atoms. The van der Waals surface area contributed by atoms with Crippen LogP contribution in [0, 0.1) is 12.3 Å². The van der Waals surface area contributed by atoms with Crippen molar-refractivity contribution < 1.29 is 24.2 Å². The van der Waals surface area contributed by atoms with E-state index in [9.17, 15) is 19.5 Å². The van der Waals surface area contributed by atoms with E-state index in [-0.39, 0.29) is 24.1 Å². The van der Waals surface area contributed by atoms with Gasteiger partial charge in [-0.05, 0) is 90.3 Å². The van der Waals surface area contributed by atoms with Gasteiger partial charge >= 0.3 is 6.09 Å². The van der Waals surface area contributed by atoms with Crippen molar-refractivity contribution in [1.29, 1.82) is 0 Å². The van der Waals surface area contributed by atoms with Crippen LogP contribution in [0.15, 0.2) is 48.5 Å². The number of phenolic OH excluding ortho intramolecular Hbond substituents is 1. The molecule has 0 spiro atoms. The first-order valence-electron chi connectivity index (χ1n) is 13.6. The molecule has 216 valence electrons. The summed E-state index contributed by atoms with van der Waals surface area (Å²) in [7, 11) is 0. The fourth-order valence-corrected chi connectivity index (χ4v) is 4.17. The van der Waals surface area contributed by atoms with Crippen molar-refractivity contribution in [3.63, 3.8) is 0 Å². The van der Waals surface area contributed by atoms with Crippen LogP contribution in [-0.2, 0) is 20.7 Å². The van der Waals surface area contributed by atoms with E-state index in [1.165, 1.54) is 12.1 Å². The molecule has 0 saturated carbocycles. The van der Waals surface area contributed by atoms with Crippen molar-refractivity contribution in [2.75, 3.05) is 0 Å². The minimum atomic E-state index is -1.07. The van der Waals surface area contributed by atoms with Crippen LogP contribution in [0.3, 0.4) is 0 Å². The van der Waals surface area contributed by atoms with Gasteiger partial charge in [-0.2, -0.15) is 0 Å². The lowest BCUT2D eigenvalue weighted by molar-refractivity contribution is -0.149. The predicted molar refractivity (Wildman–Crippen MR) is 157 cm³/mol. The number of aromatic hydroxyl groups is 1. The van der Waals surface area contributed by atoms with Crippen molar-refractivity contribution in [3.8, 4) is 18.1 Å². The first kappa shape index (κ1) is 32.2. The monoisotopic (exact) mass is 549 g/mol. The molecule has 0 aromatic heterocycles. The quantitative estimate of drug-likeness (QED) is 0.358. The maximum atomic E-state index is 14.5. The van der Waals surface area contributed by atoms with Gasteiger partial charge < -0.3 is 25.4 Å². The number of carbonyl (C=O) groups excluding carboxylic acids is 3. The Balaban J connectivity index is 2.67. The van der Waals surface area contributed by atoms with Crippen LogP contribution in [0.2, 0.25) is 0 Å². The number of phenols is 1. The molecule has 2 aromatic rings. The van der Waals surface area contributed by atoms with Gasteiger partial charge in [0.2, 0.25) is 11.8 Å². The molecule has 0 bridgehead atoms. The minimum Gasteiger partial charge on any atom is -0.508 e.